The maximum absolute atomic E-state index is 12.2. The molecular formula is C17H20N4O3. The number of aromatic nitrogens is 4. The summed E-state index contributed by atoms with van der Waals surface area (Å²) >= 11 is 0. The van der Waals surface area contributed by atoms with E-state index in [0.29, 0.717) is 12.1 Å². The molecule has 0 atom stereocenters. The number of H-pyrrole nitrogens is 2. The fraction of sp³-hybridized carbons (Fsp3) is 0.353. The summed E-state index contributed by atoms with van der Waals surface area (Å²) in [6.07, 6.45) is 2.68. The van der Waals surface area contributed by atoms with Crippen molar-refractivity contribution >= 4 is 11.0 Å². The molecule has 2 heterocycles. The van der Waals surface area contributed by atoms with Gasteiger partial charge in [0.05, 0.1) is 7.11 Å². The van der Waals surface area contributed by atoms with Crippen LogP contribution in [0.5, 0.6) is 5.75 Å². The fourth-order valence-electron chi connectivity index (χ4n) is 2.73. The van der Waals surface area contributed by atoms with Crippen molar-refractivity contribution in [3.8, 4) is 5.75 Å². The number of ether oxygens (including phenoxy) is 1. The Kier molecular flexibility index (Phi) is 4.50. The summed E-state index contributed by atoms with van der Waals surface area (Å²) in [5.41, 5.74) is 0.802. The van der Waals surface area contributed by atoms with Crippen LogP contribution in [0.1, 0.15) is 31.2 Å². The molecule has 0 aliphatic rings. The molecule has 1 aromatic carbocycles. The highest BCUT2D eigenvalue weighted by atomic mass is 16.5. The molecule has 3 rings (SSSR count). The molecule has 2 N–H and O–H groups in total. The quantitative estimate of drug-likeness (QED) is 0.722. The number of nitrogens with one attached hydrogen (secondary N) is 2. The van der Waals surface area contributed by atoms with Crippen molar-refractivity contribution in [3.63, 3.8) is 0 Å². The van der Waals surface area contributed by atoms with Crippen LogP contribution >= 0.6 is 0 Å². The Morgan fingerprint density at radius 3 is 2.50 bits per heavy atom. The van der Waals surface area contributed by atoms with Crippen molar-refractivity contribution in [1.29, 1.82) is 0 Å². The number of imidazole rings is 1. The Balaban J connectivity index is 2.10. The summed E-state index contributed by atoms with van der Waals surface area (Å²) < 4.78 is 7.00. The summed E-state index contributed by atoms with van der Waals surface area (Å²) in [6, 6.07) is 7.62. The number of rotatable bonds is 6. The van der Waals surface area contributed by atoms with Crippen LogP contribution in [0.25, 0.3) is 11.0 Å². The van der Waals surface area contributed by atoms with Gasteiger partial charge in [0.1, 0.15) is 17.1 Å². The van der Waals surface area contributed by atoms with Gasteiger partial charge in [0.2, 0.25) is 0 Å². The number of aromatic amines is 2. The predicted octanol–water partition coefficient (Wildman–Crippen LogP) is 1.81. The molecule has 0 fully saturated rings. The lowest BCUT2D eigenvalue weighted by molar-refractivity contribution is 0.414. The van der Waals surface area contributed by atoms with Crippen molar-refractivity contribution < 1.29 is 4.74 Å². The smallest absolute Gasteiger partial charge is 0.290 e. The van der Waals surface area contributed by atoms with E-state index in [2.05, 4.69) is 22.1 Å². The molecule has 0 radical (unpaired) electrons. The van der Waals surface area contributed by atoms with E-state index in [0.717, 1.165) is 36.4 Å². The standard InChI is InChI=1S/C17H20N4O3/c1-3-4-5-13-18-14-15(17(23)20-19-16(14)22)21(13)10-11-6-8-12(24-2)9-7-11/h6-9H,3-5,10H2,1-2H3,(H,19,22)(H,20,23). The zero-order chi connectivity index (χ0) is 17.1. The van der Waals surface area contributed by atoms with Crippen LogP contribution in [0.2, 0.25) is 0 Å². The van der Waals surface area contributed by atoms with Gasteiger partial charge in [0.25, 0.3) is 11.1 Å². The minimum absolute atomic E-state index is 0.193. The minimum atomic E-state index is -0.379. The molecular weight excluding hydrogens is 308 g/mol. The monoisotopic (exact) mass is 328 g/mol. The Morgan fingerprint density at radius 2 is 1.83 bits per heavy atom. The molecule has 2 aromatic heterocycles. The third-order valence-corrected chi connectivity index (χ3v) is 4.02. The third kappa shape index (κ3) is 2.97. The van der Waals surface area contributed by atoms with Gasteiger partial charge in [-0.25, -0.2) is 4.98 Å². The lowest BCUT2D eigenvalue weighted by Gasteiger charge is -2.09. The van der Waals surface area contributed by atoms with E-state index in [1.807, 2.05) is 28.8 Å². The Hall–Kier alpha value is -2.83. The van der Waals surface area contributed by atoms with Gasteiger partial charge in [-0.15, -0.1) is 0 Å². The first-order valence-corrected chi connectivity index (χ1v) is 7.97. The van der Waals surface area contributed by atoms with Crippen LogP contribution in [-0.4, -0.2) is 26.9 Å². The summed E-state index contributed by atoms with van der Waals surface area (Å²) in [6.45, 7) is 2.57. The van der Waals surface area contributed by atoms with Gasteiger partial charge in [0, 0.05) is 13.0 Å². The highest BCUT2D eigenvalue weighted by molar-refractivity contribution is 5.73. The van der Waals surface area contributed by atoms with E-state index in [1.165, 1.54) is 0 Å². The average Bonchev–Trinajstić information content (AvgIpc) is 2.96. The highest BCUT2D eigenvalue weighted by Crippen LogP contribution is 2.17. The molecule has 0 spiro atoms. The van der Waals surface area contributed by atoms with Crippen molar-refractivity contribution in [1.82, 2.24) is 19.7 Å². The van der Waals surface area contributed by atoms with Crippen molar-refractivity contribution in [2.24, 2.45) is 0 Å². The second kappa shape index (κ2) is 6.74. The summed E-state index contributed by atoms with van der Waals surface area (Å²) in [7, 11) is 1.62. The van der Waals surface area contributed by atoms with Gasteiger partial charge < -0.3 is 9.30 Å². The number of methoxy groups -OCH3 is 1. The predicted molar refractivity (Wildman–Crippen MR) is 91.7 cm³/mol. The van der Waals surface area contributed by atoms with Crippen LogP contribution in [0.3, 0.4) is 0 Å². The Labute approximate surface area is 138 Å². The number of unbranched alkanes of at least 4 members (excludes halogenated alkanes) is 1. The first-order chi connectivity index (χ1) is 11.6. The molecule has 7 heteroatoms. The molecule has 0 amide bonds. The van der Waals surface area contributed by atoms with Crippen LogP contribution in [0.4, 0.5) is 0 Å². The molecule has 0 saturated heterocycles. The van der Waals surface area contributed by atoms with Crippen LogP contribution < -0.4 is 15.9 Å². The Morgan fingerprint density at radius 1 is 1.12 bits per heavy atom. The van der Waals surface area contributed by atoms with Gasteiger partial charge in [-0.2, -0.15) is 0 Å². The number of nitrogens with zero attached hydrogens (tertiary/aromatic N) is 2. The van der Waals surface area contributed by atoms with E-state index in [9.17, 15) is 9.59 Å². The summed E-state index contributed by atoms with van der Waals surface area (Å²) in [4.78, 5) is 28.6. The number of hydrogen-bond acceptors (Lipinski definition) is 4. The van der Waals surface area contributed by atoms with Crippen molar-refractivity contribution in [2.75, 3.05) is 7.11 Å². The normalized spacial score (nSPS) is 11.1. The lowest BCUT2D eigenvalue weighted by atomic mass is 10.2. The van der Waals surface area contributed by atoms with Crippen molar-refractivity contribution in [2.45, 2.75) is 32.7 Å². The number of benzene rings is 1. The molecule has 0 bridgehead atoms. The first-order valence-electron chi connectivity index (χ1n) is 7.97. The van der Waals surface area contributed by atoms with Gasteiger partial charge >= 0.3 is 0 Å². The largest absolute Gasteiger partial charge is 0.497 e. The molecule has 126 valence electrons. The minimum Gasteiger partial charge on any atom is -0.497 e. The van der Waals surface area contributed by atoms with Crippen molar-refractivity contribution in [3.05, 3.63) is 56.4 Å². The summed E-state index contributed by atoms with van der Waals surface area (Å²) in [5, 5.41) is 4.72. The van der Waals surface area contributed by atoms with Gasteiger partial charge in [-0.3, -0.25) is 19.8 Å². The molecule has 3 aromatic rings. The molecule has 0 saturated carbocycles. The maximum atomic E-state index is 12.2. The second-order valence-electron chi connectivity index (χ2n) is 5.67. The van der Waals surface area contributed by atoms with Gasteiger partial charge in [-0.05, 0) is 24.1 Å². The zero-order valence-electron chi connectivity index (χ0n) is 13.8. The zero-order valence-corrected chi connectivity index (χ0v) is 13.8. The van der Waals surface area contributed by atoms with E-state index >= 15 is 0 Å². The maximum Gasteiger partial charge on any atom is 0.290 e. The van der Waals surface area contributed by atoms with Crippen LogP contribution in [-0.2, 0) is 13.0 Å². The molecule has 0 unspecified atom stereocenters. The van der Waals surface area contributed by atoms with E-state index < -0.39 is 0 Å². The van der Waals surface area contributed by atoms with E-state index in [4.69, 9.17) is 4.74 Å². The third-order valence-electron chi connectivity index (χ3n) is 4.02. The number of aryl methyl sites for hydroxylation is 1. The SMILES string of the molecule is CCCCc1nc2c(=O)[nH][nH]c(=O)c2n1Cc1ccc(OC)cc1. The van der Waals surface area contributed by atoms with Gasteiger partial charge in [-0.1, -0.05) is 25.5 Å². The van der Waals surface area contributed by atoms with Crippen LogP contribution in [0.15, 0.2) is 33.9 Å². The van der Waals surface area contributed by atoms with E-state index in [1.54, 1.807) is 7.11 Å². The molecule has 24 heavy (non-hydrogen) atoms. The van der Waals surface area contributed by atoms with Crippen LogP contribution in [0, 0.1) is 0 Å². The molecule has 0 aliphatic carbocycles. The first kappa shape index (κ1) is 16.0. The lowest BCUT2D eigenvalue weighted by Crippen LogP contribution is -2.21. The number of hydrogen-bond donors (Lipinski definition) is 2. The van der Waals surface area contributed by atoms with E-state index in [-0.39, 0.29) is 16.6 Å². The second-order valence-corrected chi connectivity index (χ2v) is 5.67. The highest BCUT2D eigenvalue weighted by Gasteiger charge is 2.16. The topological polar surface area (TPSA) is 92.8 Å². The summed E-state index contributed by atoms with van der Waals surface area (Å²) in [5.74, 6) is 1.53. The van der Waals surface area contributed by atoms with Gasteiger partial charge in [0.15, 0.2) is 5.52 Å². The number of fused-ring (bicyclic) bond motifs is 1. The molecule has 0 aliphatic heterocycles. The Bertz CT molecular complexity index is 951. The average molecular weight is 328 g/mol. The fourth-order valence-corrected chi connectivity index (χ4v) is 2.73. The molecule has 7 nitrogen and oxygen atoms in total.